The number of H-pyrrole nitrogens is 1. The molecule has 0 spiro atoms. The molecule has 3 aromatic rings. The van der Waals surface area contributed by atoms with Gasteiger partial charge in [-0.1, -0.05) is 6.07 Å². The summed E-state index contributed by atoms with van der Waals surface area (Å²) in [4.78, 5) is 19.0. The number of nitrogens with zero attached hydrogens (tertiary/aromatic N) is 1. The Kier molecular flexibility index (Phi) is 4.30. The fraction of sp³-hybridized carbons (Fsp3) is 0.263. The number of hydrogen-bond acceptors (Lipinski definition) is 4. The molecule has 0 aliphatic carbocycles. The van der Waals surface area contributed by atoms with Crippen LogP contribution in [0.4, 0.5) is 4.39 Å². The molecule has 3 heterocycles. The minimum atomic E-state index is -0.425. The van der Waals surface area contributed by atoms with Gasteiger partial charge >= 0.3 is 0 Å². The van der Waals surface area contributed by atoms with Crippen molar-refractivity contribution in [1.29, 1.82) is 0 Å². The zero-order valence-corrected chi connectivity index (χ0v) is 14.3. The van der Waals surface area contributed by atoms with Gasteiger partial charge in [0.05, 0.1) is 6.04 Å². The van der Waals surface area contributed by atoms with Crippen molar-refractivity contribution in [2.45, 2.75) is 18.6 Å². The molecular formula is C19H19FN4O2. The average molecular weight is 354 g/mol. The van der Waals surface area contributed by atoms with E-state index in [0.717, 1.165) is 22.2 Å². The van der Waals surface area contributed by atoms with Crippen molar-refractivity contribution in [3.63, 3.8) is 0 Å². The number of amides is 1. The third-order valence-electron chi connectivity index (χ3n) is 4.65. The Balaban J connectivity index is 1.54. The van der Waals surface area contributed by atoms with Crippen molar-refractivity contribution in [2.24, 2.45) is 0 Å². The predicted molar refractivity (Wildman–Crippen MR) is 96.4 cm³/mol. The first-order chi connectivity index (χ1) is 12.7. The van der Waals surface area contributed by atoms with Gasteiger partial charge in [0.2, 0.25) is 5.91 Å². The highest BCUT2D eigenvalue weighted by Crippen LogP contribution is 2.31. The normalized spacial score (nSPS) is 19.6. The second kappa shape index (κ2) is 6.76. The fourth-order valence-corrected chi connectivity index (χ4v) is 3.32. The van der Waals surface area contributed by atoms with Crippen LogP contribution in [0.2, 0.25) is 0 Å². The van der Waals surface area contributed by atoms with Gasteiger partial charge in [-0.15, -0.1) is 0 Å². The minimum absolute atomic E-state index is 0.0832. The molecule has 1 fully saturated rings. The van der Waals surface area contributed by atoms with Crippen molar-refractivity contribution < 1.29 is 13.9 Å². The van der Waals surface area contributed by atoms with E-state index in [-0.39, 0.29) is 23.8 Å². The minimum Gasteiger partial charge on any atom is -0.486 e. The number of aromatic amines is 1. The number of carbonyl (C=O) groups excluding carboxylic acids is 1. The van der Waals surface area contributed by atoms with E-state index in [1.807, 2.05) is 24.4 Å². The van der Waals surface area contributed by atoms with E-state index < -0.39 is 5.82 Å². The van der Waals surface area contributed by atoms with Crippen LogP contribution in [0.5, 0.6) is 5.75 Å². The molecule has 2 atom stereocenters. The molecule has 3 N–H and O–H groups in total. The van der Waals surface area contributed by atoms with Crippen molar-refractivity contribution in [2.75, 3.05) is 13.6 Å². The van der Waals surface area contributed by atoms with Crippen molar-refractivity contribution in [1.82, 2.24) is 20.6 Å². The molecule has 1 saturated heterocycles. The number of fused-ring (bicyclic) bond motifs is 1. The van der Waals surface area contributed by atoms with Crippen LogP contribution in [0.1, 0.15) is 6.42 Å². The second-order valence-electron chi connectivity index (χ2n) is 6.29. The number of rotatable bonds is 4. The number of carbonyl (C=O) groups is 1. The van der Waals surface area contributed by atoms with Crippen molar-refractivity contribution in [3.8, 4) is 16.9 Å². The Morgan fingerprint density at radius 1 is 1.35 bits per heavy atom. The van der Waals surface area contributed by atoms with Crippen LogP contribution in [0.3, 0.4) is 0 Å². The maximum atomic E-state index is 14.6. The monoisotopic (exact) mass is 354 g/mol. The summed E-state index contributed by atoms with van der Waals surface area (Å²) < 4.78 is 20.3. The third kappa shape index (κ3) is 3.01. The number of hydrogen-bond donors (Lipinski definition) is 3. The van der Waals surface area contributed by atoms with Crippen LogP contribution < -0.4 is 15.4 Å². The van der Waals surface area contributed by atoms with E-state index in [0.29, 0.717) is 13.0 Å². The summed E-state index contributed by atoms with van der Waals surface area (Å²) in [7, 11) is 1.59. The van der Waals surface area contributed by atoms with Gasteiger partial charge in [-0.2, -0.15) is 0 Å². The smallest absolute Gasteiger partial charge is 0.237 e. The van der Waals surface area contributed by atoms with Gasteiger partial charge in [0.25, 0.3) is 0 Å². The number of halogens is 1. The van der Waals surface area contributed by atoms with Gasteiger partial charge in [0, 0.05) is 37.8 Å². The summed E-state index contributed by atoms with van der Waals surface area (Å²) in [5, 5.41) is 6.62. The van der Waals surface area contributed by atoms with Crippen LogP contribution in [-0.4, -0.2) is 41.6 Å². The van der Waals surface area contributed by atoms with E-state index in [9.17, 15) is 9.18 Å². The highest BCUT2D eigenvalue weighted by Gasteiger charge is 2.30. The first kappa shape index (κ1) is 16.5. The van der Waals surface area contributed by atoms with Crippen LogP contribution in [0.15, 0.2) is 42.7 Å². The maximum absolute atomic E-state index is 14.6. The summed E-state index contributed by atoms with van der Waals surface area (Å²) in [5.74, 6) is -0.316. The summed E-state index contributed by atoms with van der Waals surface area (Å²) >= 11 is 0. The van der Waals surface area contributed by atoms with E-state index in [1.54, 1.807) is 19.3 Å². The summed E-state index contributed by atoms with van der Waals surface area (Å²) in [6.45, 7) is 0.508. The molecule has 0 radical (unpaired) electrons. The molecule has 26 heavy (non-hydrogen) atoms. The summed E-state index contributed by atoms with van der Waals surface area (Å²) in [6.07, 6.45) is 3.77. The average Bonchev–Trinajstić information content (AvgIpc) is 3.31. The zero-order chi connectivity index (χ0) is 18.1. The Bertz CT molecular complexity index is 956. The Hall–Kier alpha value is -2.93. The number of ether oxygens (including phenoxy) is 1. The van der Waals surface area contributed by atoms with E-state index in [1.165, 1.54) is 6.07 Å². The molecule has 0 saturated carbocycles. The Morgan fingerprint density at radius 2 is 2.23 bits per heavy atom. The molecule has 1 aliphatic rings. The molecule has 1 aliphatic heterocycles. The maximum Gasteiger partial charge on any atom is 0.237 e. The predicted octanol–water partition coefficient (Wildman–Crippen LogP) is 2.22. The van der Waals surface area contributed by atoms with Gasteiger partial charge in [-0.3, -0.25) is 4.79 Å². The molecule has 2 aromatic heterocycles. The van der Waals surface area contributed by atoms with Gasteiger partial charge in [-0.25, -0.2) is 9.37 Å². The third-order valence-corrected chi connectivity index (χ3v) is 4.65. The molecular weight excluding hydrogens is 335 g/mol. The van der Waals surface area contributed by atoms with E-state index in [4.69, 9.17) is 4.74 Å². The Morgan fingerprint density at radius 3 is 3.04 bits per heavy atom. The number of benzene rings is 1. The highest BCUT2D eigenvalue weighted by molar-refractivity contribution is 5.92. The number of nitrogens with one attached hydrogen (secondary N) is 3. The molecule has 6 nitrogen and oxygen atoms in total. The van der Waals surface area contributed by atoms with Crippen molar-refractivity contribution in [3.05, 3.63) is 48.5 Å². The molecule has 134 valence electrons. The molecule has 1 amide bonds. The first-order valence-electron chi connectivity index (χ1n) is 8.49. The standard InChI is InChI=1S/C19H19FN4O2/c1-21-19(25)16-9-12(10-24-16)26-17-3-2-11(8-15(17)20)13-4-6-22-18-14(13)5-7-23-18/h2-8,12,16,24H,9-10H2,1H3,(H,21,25)(H,22,23). The van der Waals surface area contributed by atoms with Gasteiger partial charge < -0.3 is 20.4 Å². The number of pyridine rings is 1. The summed E-state index contributed by atoms with van der Waals surface area (Å²) in [5.41, 5.74) is 2.43. The second-order valence-corrected chi connectivity index (χ2v) is 6.29. The number of likely N-dealkylation sites (N-methyl/N-ethyl adjacent to an activating group) is 1. The lowest BCUT2D eigenvalue weighted by Gasteiger charge is -2.14. The van der Waals surface area contributed by atoms with E-state index in [2.05, 4.69) is 20.6 Å². The first-order valence-corrected chi connectivity index (χ1v) is 8.49. The van der Waals surface area contributed by atoms with Crippen LogP contribution in [0.25, 0.3) is 22.2 Å². The topological polar surface area (TPSA) is 79.0 Å². The lowest BCUT2D eigenvalue weighted by molar-refractivity contribution is -0.122. The number of aromatic nitrogens is 2. The lowest BCUT2D eigenvalue weighted by Crippen LogP contribution is -2.38. The largest absolute Gasteiger partial charge is 0.486 e. The van der Waals surface area contributed by atoms with Gasteiger partial charge in [0.1, 0.15) is 11.8 Å². The van der Waals surface area contributed by atoms with E-state index >= 15 is 0 Å². The zero-order valence-electron chi connectivity index (χ0n) is 14.3. The van der Waals surface area contributed by atoms with Crippen LogP contribution in [0, 0.1) is 5.82 Å². The summed E-state index contributed by atoms with van der Waals surface area (Å²) in [6, 6.07) is 8.42. The van der Waals surface area contributed by atoms with Crippen LogP contribution >= 0.6 is 0 Å². The van der Waals surface area contributed by atoms with Gasteiger partial charge in [-0.05, 0) is 35.4 Å². The SMILES string of the molecule is CNC(=O)C1CC(Oc2ccc(-c3ccnc4[nH]ccc34)cc2F)CN1. The molecule has 7 heteroatoms. The van der Waals surface area contributed by atoms with Crippen molar-refractivity contribution >= 4 is 16.9 Å². The highest BCUT2D eigenvalue weighted by atomic mass is 19.1. The lowest BCUT2D eigenvalue weighted by atomic mass is 10.0. The molecule has 0 bridgehead atoms. The molecule has 1 aromatic carbocycles. The van der Waals surface area contributed by atoms with Gasteiger partial charge in [0.15, 0.2) is 11.6 Å². The Labute approximate surface area is 149 Å². The molecule has 4 rings (SSSR count). The molecule has 2 unspecified atom stereocenters. The quantitative estimate of drug-likeness (QED) is 0.671. The fourth-order valence-electron chi connectivity index (χ4n) is 3.32. The van der Waals surface area contributed by atoms with Crippen LogP contribution in [-0.2, 0) is 4.79 Å².